The third-order valence-corrected chi connectivity index (χ3v) is 7.01. The van der Waals surface area contributed by atoms with Crippen LogP contribution in [0.2, 0.25) is 0 Å². The largest absolute Gasteiger partial charge is 0.340 e. The number of benzene rings is 2. The van der Waals surface area contributed by atoms with Gasteiger partial charge >= 0.3 is 0 Å². The molecule has 1 saturated heterocycles. The topological polar surface area (TPSA) is 75.5 Å². The van der Waals surface area contributed by atoms with Crippen molar-refractivity contribution in [3.05, 3.63) is 60.7 Å². The van der Waals surface area contributed by atoms with Gasteiger partial charge in [-0.25, -0.2) is 17.8 Å². The first-order valence-corrected chi connectivity index (χ1v) is 10.8. The van der Waals surface area contributed by atoms with Gasteiger partial charge in [-0.3, -0.25) is 4.79 Å². The summed E-state index contributed by atoms with van der Waals surface area (Å²) in [5, 5.41) is 0. The number of carbonyl (C=O) groups excluding carboxylic acids is 1. The number of nitrogens with zero attached hydrogens (tertiary/aromatic N) is 4. The molecule has 0 aliphatic carbocycles. The first-order chi connectivity index (χ1) is 13.9. The Bertz CT molecular complexity index is 1140. The van der Waals surface area contributed by atoms with Crippen molar-refractivity contribution >= 4 is 27.0 Å². The van der Waals surface area contributed by atoms with Crippen molar-refractivity contribution in [1.82, 2.24) is 18.8 Å². The van der Waals surface area contributed by atoms with Gasteiger partial charge in [0.15, 0.2) is 0 Å². The summed E-state index contributed by atoms with van der Waals surface area (Å²) in [4.78, 5) is 18.5. The Balaban J connectivity index is 1.35. The number of amides is 1. The fraction of sp³-hybridized carbons (Fsp3) is 0.300. The highest BCUT2D eigenvalue weighted by atomic mass is 32.2. The molecular weight excluding hydrogens is 395 g/mol. The standard InChI is InChI=1S/C20H21FN4O3S/c21-16-4-3-5-17(14-16)29(27,28)25-12-10-23(11-13-25)20(26)8-9-24-15-22-18-6-1-2-7-19(18)24/h1-7,14-15H,8-13H2. The number of carbonyl (C=O) groups is 1. The molecule has 0 unspecified atom stereocenters. The van der Waals surface area contributed by atoms with E-state index in [0.29, 0.717) is 26.1 Å². The third-order valence-electron chi connectivity index (χ3n) is 5.12. The molecule has 0 N–H and O–H groups in total. The first kappa shape index (κ1) is 19.5. The smallest absolute Gasteiger partial charge is 0.243 e. The number of para-hydroxylation sites is 2. The van der Waals surface area contributed by atoms with Crippen molar-refractivity contribution in [3.8, 4) is 0 Å². The second-order valence-corrected chi connectivity index (χ2v) is 8.86. The molecule has 1 aliphatic rings. The van der Waals surface area contributed by atoms with Crippen LogP contribution in [-0.4, -0.2) is 59.3 Å². The van der Waals surface area contributed by atoms with Gasteiger partial charge in [-0.1, -0.05) is 18.2 Å². The van der Waals surface area contributed by atoms with Crippen molar-refractivity contribution in [2.75, 3.05) is 26.2 Å². The number of hydrogen-bond acceptors (Lipinski definition) is 4. The zero-order valence-corrected chi connectivity index (χ0v) is 16.6. The van der Waals surface area contributed by atoms with E-state index in [1.807, 2.05) is 28.8 Å². The molecule has 2 heterocycles. The summed E-state index contributed by atoms with van der Waals surface area (Å²) in [6.07, 6.45) is 2.04. The molecule has 1 fully saturated rings. The molecule has 29 heavy (non-hydrogen) atoms. The van der Waals surface area contributed by atoms with Gasteiger partial charge in [0, 0.05) is 39.1 Å². The van der Waals surface area contributed by atoms with Gasteiger partial charge < -0.3 is 9.47 Å². The second-order valence-electron chi connectivity index (χ2n) is 6.92. The van der Waals surface area contributed by atoms with Crippen LogP contribution in [-0.2, 0) is 21.4 Å². The number of hydrogen-bond donors (Lipinski definition) is 0. The summed E-state index contributed by atoms with van der Waals surface area (Å²) in [6, 6.07) is 12.7. The van der Waals surface area contributed by atoms with E-state index in [4.69, 9.17) is 0 Å². The summed E-state index contributed by atoms with van der Waals surface area (Å²) < 4.78 is 42.0. The lowest BCUT2D eigenvalue weighted by molar-refractivity contribution is -0.132. The van der Waals surface area contributed by atoms with Crippen molar-refractivity contribution in [3.63, 3.8) is 0 Å². The van der Waals surface area contributed by atoms with Crippen LogP contribution in [0, 0.1) is 5.82 Å². The zero-order chi connectivity index (χ0) is 20.4. The first-order valence-electron chi connectivity index (χ1n) is 9.38. The Hall–Kier alpha value is -2.78. The van der Waals surface area contributed by atoms with Crippen LogP contribution in [0.4, 0.5) is 4.39 Å². The molecule has 1 aliphatic heterocycles. The number of piperazine rings is 1. The molecule has 1 amide bonds. The molecule has 0 radical (unpaired) electrons. The van der Waals surface area contributed by atoms with Crippen molar-refractivity contribution in [2.24, 2.45) is 0 Å². The van der Waals surface area contributed by atoms with E-state index in [9.17, 15) is 17.6 Å². The summed E-state index contributed by atoms with van der Waals surface area (Å²) in [6.45, 7) is 1.54. The Morgan fingerprint density at radius 2 is 1.79 bits per heavy atom. The predicted octanol–water partition coefficient (Wildman–Crippen LogP) is 2.10. The van der Waals surface area contributed by atoms with Crippen LogP contribution in [0.15, 0.2) is 59.8 Å². The third kappa shape index (κ3) is 4.01. The number of fused-ring (bicyclic) bond motifs is 1. The van der Waals surface area contributed by atoms with Gasteiger partial charge in [0.25, 0.3) is 0 Å². The molecular formula is C20H21FN4O3S. The zero-order valence-electron chi connectivity index (χ0n) is 15.7. The molecule has 0 saturated carbocycles. The van der Waals surface area contributed by atoms with Crippen LogP contribution in [0.3, 0.4) is 0 Å². The number of aromatic nitrogens is 2. The average molecular weight is 416 g/mol. The maximum atomic E-state index is 13.4. The maximum Gasteiger partial charge on any atom is 0.243 e. The quantitative estimate of drug-likeness (QED) is 0.638. The minimum atomic E-state index is -3.76. The maximum absolute atomic E-state index is 13.4. The van der Waals surface area contributed by atoms with Crippen molar-refractivity contribution < 1.29 is 17.6 Å². The Morgan fingerprint density at radius 3 is 2.55 bits per heavy atom. The minimum absolute atomic E-state index is 0.0226. The summed E-state index contributed by atoms with van der Waals surface area (Å²) >= 11 is 0. The molecule has 9 heteroatoms. The van der Waals surface area contributed by atoms with E-state index in [-0.39, 0.29) is 23.9 Å². The molecule has 0 spiro atoms. The molecule has 152 valence electrons. The van der Waals surface area contributed by atoms with E-state index < -0.39 is 15.8 Å². The van der Waals surface area contributed by atoms with Gasteiger partial charge in [0.1, 0.15) is 5.82 Å². The lowest BCUT2D eigenvalue weighted by Gasteiger charge is -2.34. The average Bonchev–Trinajstić information content (AvgIpc) is 3.15. The Labute approximate surface area is 168 Å². The summed E-state index contributed by atoms with van der Waals surface area (Å²) in [5.41, 5.74) is 1.86. The summed E-state index contributed by atoms with van der Waals surface area (Å²) in [5.74, 6) is -0.613. The molecule has 0 atom stereocenters. The SMILES string of the molecule is O=C(CCn1cnc2ccccc21)N1CCN(S(=O)(=O)c2cccc(F)c2)CC1. The minimum Gasteiger partial charge on any atom is -0.340 e. The van der Waals surface area contributed by atoms with Gasteiger partial charge in [-0.15, -0.1) is 0 Å². The van der Waals surface area contributed by atoms with Crippen LogP contribution in [0.5, 0.6) is 0 Å². The van der Waals surface area contributed by atoms with Gasteiger partial charge in [-0.2, -0.15) is 4.31 Å². The van der Waals surface area contributed by atoms with Crippen molar-refractivity contribution in [1.29, 1.82) is 0 Å². The van der Waals surface area contributed by atoms with Crippen LogP contribution < -0.4 is 0 Å². The molecule has 7 nitrogen and oxygen atoms in total. The fourth-order valence-electron chi connectivity index (χ4n) is 3.52. The highest BCUT2D eigenvalue weighted by Gasteiger charge is 2.30. The summed E-state index contributed by atoms with van der Waals surface area (Å²) in [7, 11) is -3.76. The number of sulfonamides is 1. The van der Waals surface area contributed by atoms with Gasteiger partial charge in [0.2, 0.25) is 15.9 Å². The number of aryl methyl sites for hydroxylation is 1. The second kappa shape index (κ2) is 7.92. The number of rotatable bonds is 5. The van der Waals surface area contributed by atoms with Gasteiger partial charge in [-0.05, 0) is 30.3 Å². The Morgan fingerprint density at radius 1 is 1.03 bits per heavy atom. The number of halogens is 1. The molecule has 3 aromatic rings. The van der Waals surface area contributed by atoms with Gasteiger partial charge in [0.05, 0.1) is 22.3 Å². The lowest BCUT2D eigenvalue weighted by Crippen LogP contribution is -2.50. The Kier molecular flexibility index (Phi) is 5.33. The normalized spacial score (nSPS) is 15.7. The molecule has 0 bridgehead atoms. The fourth-order valence-corrected chi connectivity index (χ4v) is 4.97. The van der Waals surface area contributed by atoms with E-state index in [1.165, 1.54) is 22.5 Å². The molecule has 1 aromatic heterocycles. The molecule has 4 rings (SSSR count). The van der Waals surface area contributed by atoms with E-state index >= 15 is 0 Å². The monoisotopic (exact) mass is 416 g/mol. The predicted molar refractivity (Wildman–Crippen MR) is 106 cm³/mol. The van der Waals surface area contributed by atoms with Crippen LogP contribution in [0.25, 0.3) is 11.0 Å². The molecule has 2 aromatic carbocycles. The lowest BCUT2D eigenvalue weighted by atomic mass is 10.3. The van der Waals surface area contributed by atoms with E-state index in [0.717, 1.165) is 17.1 Å². The van der Waals surface area contributed by atoms with Crippen LogP contribution >= 0.6 is 0 Å². The van der Waals surface area contributed by atoms with E-state index in [2.05, 4.69) is 4.98 Å². The van der Waals surface area contributed by atoms with Crippen molar-refractivity contribution in [2.45, 2.75) is 17.9 Å². The highest BCUT2D eigenvalue weighted by Crippen LogP contribution is 2.19. The number of imidazole rings is 1. The van der Waals surface area contributed by atoms with E-state index in [1.54, 1.807) is 11.2 Å². The van der Waals surface area contributed by atoms with Crippen LogP contribution in [0.1, 0.15) is 6.42 Å². The highest BCUT2D eigenvalue weighted by molar-refractivity contribution is 7.89.